The van der Waals surface area contributed by atoms with E-state index in [-0.39, 0.29) is 11.6 Å². The number of nitro benzene ring substituents is 1. The predicted octanol–water partition coefficient (Wildman–Crippen LogP) is 1.90. The van der Waals surface area contributed by atoms with Gasteiger partial charge in [-0.25, -0.2) is 0 Å². The second-order valence-electron chi connectivity index (χ2n) is 3.44. The van der Waals surface area contributed by atoms with Crippen molar-refractivity contribution in [3.63, 3.8) is 0 Å². The van der Waals surface area contributed by atoms with Crippen LogP contribution in [0.4, 0.5) is 5.69 Å². The van der Waals surface area contributed by atoms with Crippen molar-refractivity contribution in [3.05, 3.63) is 52.1 Å². The molecule has 0 atom stereocenters. The lowest BCUT2D eigenvalue weighted by Crippen LogP contribution is -2.24. The monoisotopic (exact) mass is 220 g/mol. The lowest BCUT2D eigenvalue weighted by molar-refractivity contribution is -0.384. The molecule has 0 unspecified atom stereocenters. The van der Waals surface area contributed by atoms with Gasteiger partial charge in [-0.2, -0.15) is 0 Å². The van der Waals surface area contributed by atoms with Gasteiger partial charge < -0.3 is 5.32 Å². The average Bonchev–Trinajstić information content (AvgIpc) is 2.26. The maximum absolute atomic E-state index is 11.5. The van der Waals surface area contributed by atoms with Crippen LogP contribution >= 0.6 is 0 Å². The maximum atomic E-state index is 11.5. The molecule has 0 saturated heterocycles. The zero-order chi connectivity index (χ0) is 12.1. The molecule has 1 aromatic rings. The molecule has 0 radical (unpaired) electrons. The highest BCUT2D eigenvalue weighted by atomic mass is 16.6. The molecule has 0 saturated carbocycles. The van der Waals surface area contributed by atoms with Crippen LogP contribution in [0.15, 0.2) is 36.4 Å². The molecule has 5 nitrogen and oxygen atoms in total. The van der Waals surface area contributed by atoms with Crippen LogP contribution in [0.5, 0.6) is 0 Å². The summed E-state index contributed by atoms with van der Waals surface area (Å²) >= 11 is 0. The summed E-state index contributed by atoms with van der Waals surface area (Å²) in [6.07, 6.45) is 0. The molecule has 0 spiro atoms. The Kier molecular flexibility index (Phi) is 3.77. The highest BCUT2D eigenvalue weighted by molar-refractivity contribution is 5.94. The Morgan fingerprint density at radius 1 is 1.44 bits per heavy atom. The van der Waals surface area contributed by atoms with Crippen LogP contribution in [0.3, 0.4) is 0 Å². The molecule has 0 heterocycles. The van der Waals surface area contributed by atoms with Crippen molar-refractivity contribution in [2.45, 2.75) is 6.92 Å². The molecular weight excluding hydrogens is 208 g/mol. The highest BCUT2D eigenvalue weighted by Gasteiger charge is 2.08. The third-order valence-corrected chi connectivity index (χ3v) is 1.89. The Morgan fingerprint density at radius 2 is 2.00 bits per heavy atom. The quantitative estimate of drug-likeness (QED) is 0.478. The number of hydrogen-bond acceptors (Lipinski definition) is 3. The van der Waals surface area contributed by atoms with Crippen LogP contribution < -0.4 is 5.32 Å². The van der Waals surface area contributed by atoms with Gasteiger partial charge in [0, 0.05) is 24.2 Å². The van der Waals surface area contributed by atoms with E-state index in [0.29, 0.717) is 12.1 Å². The third kappa shape index (κ3) is 3.20. The fourth-order valence-electron chi connectivity index (χ4n) is 1.07. The van der Waals surface area contributed by atoms with Crippen LogP contribution in [0.25, 0.3) is 0 Å². The molecule has 1 N–H and O–H groups in total. The lowest BCUT2D eigenvalue weighted by atomic mass is 10.2. The summed E-state index contributed by atoms with van der Waals surface area (Å²) in [5, 5.41) is 13.0. The lowest BCUT2D eigenvalue weighted by Gasteiger charge is -2.03. The first kappa shape index (κ1) is 11.9. The van der Waals surface area contributed by atoms with Gasteiger partial charge in [-0.05, 0) is 19.1 Å². The van der Waals surface area contributed by atoms with E-state index in [0.717, 1.165) is 5.57 Å². The van der Waals surface area contributed by atoms with Crippen molar-refractivity contribution in [2.24, 2.45) is 0 Å². The number of carbonyl (C=O) groups excluding carboxylic acids is 1. The first-order chi connectivity index (χ1) is 7.50. The predicted molar refractivity (Wildman–Crippen MR) is 60.2 cm³/mol. The maximum Gasteiger partial charge on any atom is 0.269 e. The number of nitro groups is 1. The third-order valence-electron chi connectivity index (χ3n) is 1.89. The van der Waals surface area contributed by atoms with Gasteiger partial charge in [0.05, 0.1) is 4.92 Å². The van der Waals surface area contributed by atoms with Crippen LogP contribution in [0.2, 0.25) is 0 Å². The number of amides is 1. The average molecular weight is 220 g/mol. The van der Waals surface area contributed by atoms with Crippen molar-refractivity contribution >= 4 is 11.6 Å². The Bertz CT molecular complexity index is 423. The van der Waals surface area contributed by atoms with Crippen molar-refractivity contribution in [1.82, 2.24) is 5.32 Å². The van der Waals surface area contributed by atoms with Crippen molar-refractivity contribution in [3.8, 4) is 0 Å². The largest absolute Gasteiger partial charge is 0.348 e. The number of non-ortho nitro benzene ring substituents is 1. The summed E-state index contributed by atoms with van der Waals surface area (Å²) in [6, 6.07) is 5.45. The van der Waals surface area contributed by atoms with E-state index in [1.54, 1.807) is 6.92 Å². The van der Waals surface area contributed by atoms with Crippen LogP contribution in [0.1, 0.15) is 17.3 Å². The Morgan fingerprint density at radius 3 is 2.44 bits per heavy atom. The second kappa shape index (κ2) is 5.06. The number of hydrogen-bond donors (Lipinski definition) is 1. The standard InChI is InChI=1S/C11H12N2O3/c1-8(2)7-12-11(14)9-3-5-10(6-4-9)13(15)16/h3-6H,1,7H2,2H3,(H,12,14). The molecule has 84 valence electrons. The normalized spacial score (nSPS) is 9.56. The number of nitrogens with zero attached hydrogens (tertiary/aromatic N) is 1. The minimum Gasteiger partial charge on any atom is -0.348 e. The highest BCUT2D eigenvalue weighted by Crippen LogP contribution is 2.11. The van der Waals surface area contributed by atoms with E-state index >= 15 is 0 Å². The van der Waals surface area contributed by atoms with Crippen LogP contribution in [-0.2, 0) is 0 Å². The van der Waals surface area contributed by atoms with Crippen LogP contribution in [-0.4, -0.2) is 17.4 Å². The molecule has 5 heteroatoms. The SMILES string of the molecule is C=C(C)CNC(=O)c1ccc([N+](=O)[O-])cc1. The summed E-state index contributed by atoms with van der Waals surface area (Å²) in [7, 11) is 0. The van der Waals surface area contributed by atoms with Gasteiger partial charge in [0.25, 0.3) is 11.6 Å². The summed E-state index contributed by atoms with van der Waals surface area (Å²) in [5.41, 5.74) is 1.21. The fraction of sp³-hybridized carbons (Fsp3) is 0.182. The van der Waals surface area contributed by atoms with E-state index in [4.69, 9.17) is 0 Å². The zero-order valence-corrected chi connectivity index (χ0v) is 8.90. The Labute approximate surface area is 92.9 Å². The topological polar surface area (TPSA) is 72.2 Å². The van der Waals surface area contributed by atoms with E-state index in [9.17, 15) is 14.9 Å². The van der Waals surface area contributed by atoms with Gasteiger partial charge in [0.2, 0.25) is 0 Å². The molecule has 0 aliphatic heterocycles. The van der Waals surface area contributed by atoms with Gasteiger partial charge in [-0.15, -0.1) is 0 Å². The molecule has 0 aliphatic rings. The Balaban J connectivity index is 2.70. The first-order valence-corrected chi connectivity index (χ1v) is 4.67. The molecule has 1 rings (SSSR count). The molecule has 0 bridgehead atoms. The number of nitrogens with one attached hydrogen (secondary N) is 1. The molecule has 0 aliphatic carbocycles. The second-order valence-corrected chi connectivity index (χ2v) is 3.44. The van der Waals surface area contributed by atoms with Gasteiger partial charge >= 0.3 is 0 Å². The summed E-state index contributed by atoms with van der Waals surface area (Å²) in [5.74, 6) is -0.266. The molecular formula is C11H12N2O3. The van der Waals surface area contributed by atoms with Gasteiger partial charge in [-0.1, -0.05) is 12.2 Å². The van der Waals surface area contributed by atoms with E-state index in [1.165, 1.54) is 24.3 Å². The molecule has 1 amide bonds. The summed E-state index contributed by atoms with van der Waals surface area (Å²) < 4.78 is 0. The number of benzene rings is 1. The van der Waals surface area contributed by atoms with Gasteiger partial charge in [0.15, 0.2) is 0 Å². The minimum absolute atomic E-state index is 0.0311. The van der Waals surface area contributed by atoms with Gasteiger partial charge in [0.1, 0.15) is 0 Å². The molecule has 0 aromatic heterocycles. The van der Waals surface area contributed by atoms with E-state index in [1.807, 2.05) is 0 Å². The molecule has 1 aromatic carbocycles. The van der Waals surface area contributed by atoms with Crippen molar-refractivity contribution in [2.75, 3.05) is 6.54 Å². The van der Waals surface area contributed by atoms with E-state index < -0.39 is 4.92 Å². The zero-order valence-electron chi connectivity index (χ0n) is 8.90. The number of rotatable bonds is 4. The summed E-state index contributed by atoms with van der Waals surface area (Å²) in [6.45, 7) is 5.85. The van der Waals surface area contributed by atoms with E-state index in [2.05, 4.69) is 11.9 Å². The first-order valence-electron chi connectivity index (χ1n) is 4.67. The van der Waals surface area contributed by atoms with Gasteiger partial charge in [-0.3, -0.25) is 14.9 Å². The summed E-state index contributed by atoms with van der Waals surface area (Å²) in [4.78, 5) is 21.4. The van der Waals surface area contributed by atoms with Crippen molar-refractivity contribution in [1.29, 1.82) is 0 Å². The fourth-order valence-corrected chi connectivity index (χ4v) is 1.07. The minimum atomic E-state index is -0.504. The Hall–Kier alpha value is -2.17. The van der Waals surface area contributed by atoms with Crippen LogP contribution in [0, 0.1) is 10.1 Å². The smallest absolute Gasteiger partial charge is 0.269 e. The number of carbonyl (C=O) groups is 1. The van der Waals surface area contributed by atoms with Crippen molar-refractivity contribution < 1.29 is 9.72 Å². The molecule has 0 fully saturated rings. The molecule has 16 heavy (non-hydrogen) atoms.